The number of rotatable bonds is 2. The first-order chi connectivity index (χ1) is 9.15. The lowest BCUT2D eigenvalue weighted by atomic mass is 9.97. The molecule has 1 aliphatic heterocycles. The Morgan fingerprint density at radius 1 is 1.11 bits per heavy atom. The third-order valence-electron chi connectivity index (χ3n) is 3.44. The molecule has 3 rings (SSSR count). The smallest absolute Gasteiger partial charge is 0.196 e. The zero-order chi connectivity index (χ0) is 13.4. The molecule has 0 radical (unpaired) electrons. The van der Waals surface area contributed by atoms with Crippen LogP contribution in [0.2, 0.25) is 0 Å². The summed E-state index contributed by atoms with van der Waals surface area (Å²) in [5.41, 5.74) is 4.77. The van der Waals surface area contributed by atoms with E-state index < -0.39 is 0 Å². The predicted molar refractivity (Wildman–Crippen MR) is 75.0 cm³/mol. The number of benzene rings is 2. The van der Waals surface area contributed by atoms with E-state index in [2.05, 4.69) is 6.07 Å². The Bertz CT molecular complexity index is 636. The van der Waals surface area contributed by atoms with Crippen molar-refractivity contribution in [3.05, 3.63) is 64.2 Å². The maximum Gasteiger partial charge on any atom is 0.196 e. The topological polar surface area (TPSA) is 26.3 Å². The number of ketones is 1. The summed E-state index contributed by atoms with van der Waals surface area (Å²) in [4.78, 5) is 12.6. The molecule has 2 heteroatoms. The largest absolute Gasteiger partial charge is 0.492 e. The summed E-state index contributed by atoms with van der Waals surface area (Å²) in [5.74, 6) is 0.817. The zero-order valence-electron chi connectivity index (χ0n) is 11.2. The summed E-state index contributed by atoms with van der Waals surface area (Å²) in [7, 11) is 0. The quantitative estimate of drug-likeness (QED) is 0.765. The summed E-state index contributed by atoms with van der Waals surface area (Å²) < 4.78 is 5.61. The van der Waals surface area contributed by atoms with Gasteiger partial charge in [0.15, 0.2) is 5.78 Å². The highest BCUT2D eigenvalue weighted by Crippen LogP contribution is 2.31. The second-order valence-corrected chi connectivity index (χ2v) is 5.10. The van der Waals surface area contributed by atoms with Gasteiger partial charge >= 0.3 is 0 Å². The zero-order valence-corrected chi connectivity index (χ0v) is 11.2. The standard InChI is InChI=1S/C17H16O2/c1-11-8-12(2)10-14(9-11)16(18)15-5-3-4-13-6-7-19-17(13)15/h3-5,8-10H,6-7H2,1-2H3. The molecule has 19 heavy (non-hydrogen) atoms. The van der Waals surface area contributed by atoms with Crippen LogP contribution in [0.3, 0.4) is 0 Å². The van der Waals surface area contributed by atoms with Gasteiger partial charge in [-0.2, -0.15) is 0 Å². The molecule has 0 aliphatic carbocycles. The van der Waals surface area contributed by atoms with E-state index in [0.717, 1.165) is 34.4 Å². The molecule has 0 fully saturated rings. The Morgan fingerprint density at radius 2 is 1.84 bits per heavy atom. The van der Waals surface area contributed by atoms with Gasteiger partial charge in [-0.05, 0) is 37.6 Å². The molecule has 0 N–H and O–H groups in total. The van der Waals surface area contributed by atoms with E-state index in [4.69, 9.17) is 4.74 Å². The van der Waals surface area contributed by atoms with Crippen molar-refractivity contribution in [3.63, 3.8) is 0 Å². The molecule has 2 nitrogen and oxygen atoms in total. The number of fused-ring (bicyclic) bond motifs is 1. The number of hydrogen-bond donors (Lipinski definition) is 0. The minimum Gasteiger partial charge on any atom is -0.492 e. The fourth-order valence-corrected chi connectivity index (χ4v) is 2.66. The van der Waals surface area contributed by atoms with Gasteiger partial charge in [0, 0.05) is 12.0 Å². The van der Waals surface area contributed by atoms with Crippen molar-refractivity contribution in [1.82, 2.24) is 0 Å². The van der Waals surface area contributed by atoms with Crippen LogP contribution in [0.4, 0.5) is 0 Å². The minimum absolute atomic E-state index is 0.0468. The van der Waals surface area contributed by atoms with Crippen molar-refractivity contribution < 1.29 is 9.53 Å². The Balaban J connectivity index is 2.07. The van der Waals surface area contributed by atoms with Crippen molar-refractivity contribution in [1.29, 1.82) is 0 Å². The molecule has 0 amide bonds. The highest BCUT2D eigenvalue weighted by molar-refractivity contribution is 6.11. The molecule has 0 unspecified atom stereocenters. The van der Waals surface area contributed by atoms with Gasteiger partial charge in [0.1, 0.15) is 5.75 Å². The highest BCUT2D eigenvalue weighted by atomic mass is 16.5. The highest BCUT2D eigenvalue weighted by Gasteiger charge is 2.21. The molecule has 2 aromatic carbocycles. The Morgan fingerprint density at radius 3 is 2.58 bits per heavy atom. The molecule has 0 bridgehead atoms. The van der Waals surface area contributed by atoms with Crippen LogP contribution in [0.1, 0.15) is 32.6 Å². The minimum atomic E-state index is 0.0468. The molecule has 1 aliphatic rings. The summed E-state index contributed by atoms with van der Waals surface area (Å²) >= 11 is 0. The van der Waals surface area contributed by atoms with Gasteiger partial charge in [0.25, 0.3) is 0 Å². The van der Waals surface area contributed by atoms with Gasteiger partial charge in [-0.3, -0.25) is 4.79 Å². The second kappa shape index (κ2) is 4.54. The molecule has 2 aromatic rings. The van der Waals surface area contributed by atoms with Crippen molar-refractivity contribution in [2.24, 2.45) is 0 Å². The molecular formula is C17H16O2. The van der Waals surface area contributed by atoms with Gasteiger partial charge in [-0.1, -0.05) is 29.3 Å². The summed E-state index contributed by atoms with van der Waals surface area (Å²) in [6.45, 7) is 4.69. The van der Waals surface area contributed by atoms with E-state index in [1.165, 1.54) is 0 Å². The van der Waals surface area contributed by atoms with Crippen LogP contribution >= 0.6 is 0 Å². The normalized spacial score (nSPS) is 12.9. The first-order valence-electron chi connectivity index (χ1n) is 6.53. The molecule has 0 aromatic heterocycles. The Hall–Kier alpha value is -2.09. The third-order valence-corrected chi connectivity index (χ3v) is 3.44. The number of ether oxygens (including phenoxy) is 1. The molecular weight excluding hydrogens is 236 g/mol. The van der Waals surface area contributed by atoms with E-state index in [0.29, 0.717) is 12.2 Å². The van der Waals surface area contributed by atoms with Gasteiger partial charge < -0.3 is 4.74 Å². The van der Waals surface area contributed by atoms with Crippen LogP contribution in [0.25, 0.3) is 0 Å². The number of para-hydroxylation sites is 1. The first-order valence-corrected chi connectivity index (χ1v) is 6.53. The number of carbonyl (C=O) groups excluding carboxylic acids is 1. The SMILES string of the molecule is Cc1cc(C)cc(C(=O)c2cccc3c2OCC3)c1. The van der Waals surface area contributed by atoms with Crippen LogP contribution in [-0.4, -0.2) is 12.4 Å². The summed E-state index contributed by atoms with van der Waals surface area (Å²) in [5, 5.41) is 0. The van der Waals surface area contributed by atoms with Crippen molar-refractivity contribution in [2.75, 3.05) is 6.61 Å². The van der Waals surface area contributed by atoms with Gasteiger partial charge in [-0.15, -0.1) is 0 Å². The van der Waals surface area contributed by atoms with Crippen LogP contribution in [0, 0.1) is 13.8 Å². The molecule has 1 heterocycles. The molecule has 0 saturated heterocycles. The lowest BCUT2D eigenvalue weighted by molar-refractivity contribution is 0.103. The monoisotopic (exact) mass is 252 g/mol. The van der Waals surface area contributed by atoms with E-state index >= 15 is 0 Å². The number of aryl methyl sites for hydroxylation is 2. The van der Waals surface area contributed by atoms with Crippen LogP contribution in [0.15, 0.2) is 36.4 Å². The van der Waals surface area contributed by atoms with Crippen LogP contribution in [0.5, 0.6) is 5.75 Å². The maximum absolute atomic E-state index is 12.6. The van der Waals surface area contributed by atoms with Gasteiger partial charge in [0.2, 0.25) is 0 Å². The average Bonchev–Trinajstić information content (AvgIpc) is 2.84. The fraction of sp³-hybridized carbons (Fsp3) is 0.235. The summed E-state index contributed by atoms with van der Waals surface area (Å²) in [6, 6.07) is 11.8. The van der Waals surface area contributed by atoms with Crippen LogP contribution < -0.4 is 4.74 Å². The molecule has 0 spiro atoms. The predicted octanol–water partition coefficient (Wildman–Crippen LogP) is 3.47. The summed E-state index contributed by atoms with van der Waals surface area (Å²) in [6.07, 6.45) is 0.892. The average molecular weight is 252 g/mol. The van der Waals surface area contributed by atoms with Crippen molar-refractivity contribution in [3.8, 4) is 5.75 Å². The maximum atomic E-state index is 12.6. The van der Waals surface area contributed by atoms with Gasteiger partial charge in [-0.25, -0.2) is 0 Å². The van der Waals surface area contributed by atoms with E-state index in [1.807, 2.05) is 44.2 Å². The Labute approximate surface area is 113 Å². The molecule has 96 valence electrons. The lowest BCUT2D eigenvalue weighted by Gasteiger charge is -2.08. The van der Waals surface area contributed by atoms with Crippen LogP contribution in [-0.2, 0) is 6.42 Å². The van der Waals surface area contributed by atoms with Crippen molar-refractivity contribution >= 4 is 5.78 Å². The van der Waals surface area contributed by atoms with E-state index in [-0.39, 0.29) is 5.78 Å². The van der Waals surface area contributed by atoms with E-state index in [9.17, 15) is 4.79 Å². The molecule has 0 saturated carbocycles. The number of hydrogen-bond acceptors (Lipinski definition) is 2. The second-order valence-electron chi connectivity index (χ2n) is 5.10. The lowest BCUT2D eigenvalue weighted by Crippen LogP contribution is -2.04. The van der Waals surface area contributed by atoms with E-state index in [1.54, 1.807) is 0 Å². The molecule has 0 atom stereocenters. The fourth-order valence-electron chi connectivity index (χ4n) is 2.66. The number of carbonyl (C=O) groups is 1. The Kier molecular flexibility index (Phi) is 2.86. The van der Waals surface area contributed by atoms with Crippen molar-refractivity contribution in [2.45, 2.75) is 20.3 Å². The first kappa shape index (κ1) is 12.0. The van der Waals surface area contributed by atoms with Gasteiger partial charge in [0.05, 0.1) is 12.2 Å². The third kappa shape index (κ3) is 2.14.